The molecule has 0 saturated carbocycles. The predicted molar refractivity (Wildman–Crippen MR) is 125 cm³/mol. The number of methoxy groups -OCH3 is 1. The fraction of sp³-hybridized carbons (Fsp3) is 0.0800. The van der Waals surface area contributed by atoms with Gasteiger partial charge in [-0.25, -0.2) is 0 Å². The fourth-order valence-electron chi connectivity index (χ4n) is 3.76. The lowest BCUT2D eigenvalue weighted by atomic mass is 9.96. The van der Waals surface area contributed by atoms with Crippen LogP contribution in [0.15, 0.2) is 93.9 Å². The van der Waals surface area contributed by atoms with E-state index in [1.165, 1.54) is 18.4 Å². The van der Waals surface area contributed by atoms with Crippen LogP contribution in [-0.4, -0.2) is 22.5 Å². The van der Waals surface area contributed by atoms with E-state index in [0.29, 0.717) is 15.1 Å². The van der Waals surface area contributed by atoms with E-state index in [4.69, 9.17) is 4.74 Å². The number of phenolic OH excluding ortho intramolecular Hbond substituents is 1. The van der Waals surface area contributed by atoms with E-state index in [1.807, 2.05) is 60.7 Å². The van der Waals surface area contributed by atoms with Gasteiger partial charge in [-0.15, -0.1) is 10.2 Å². The summed E-state index contributed by atoms with van der Waals surface area (Å²) in [6.45, 7) is 0. The Bertz CT molecular complexity index is 1490. The average Bonchev–Trinajstić information content (AvgIpc) is 3.16. The molecule has 0 aliphatic carbocycles. The normalized spacial score (nSPS) is 15.6. The number of phenols is 1. The molecule has 0 saturated heterocycles. The molecule has 0 bridgehead atoms. The molecule has 4 aromatic rings. The highest BCUT2D eigenvalue weighted by atomic mass is 32.1. The van der Waals surface area contributed by atoms with Crippen LogP contribution in [0.2, 0.25) is 0 Å². The molecule has 1 aromatic heterocycles. The Hall–Kier alpha value is -3.97. The van der Waals surface area contributed by atoms with Crippen molar-refractivity contribution < 1.29 is 9.84 Å². The van der Waals surface area contributed by atoms with Gasteiger partial charge in [0.15, 0.2) is 11.5 Å². The van der Waals surface area contributed by atoms with Crippen LogP contribution in [-0.2, 0) is 0 Å². The third-order valence-corrected chi connectivity index (χ3v) is 6.26. The number of thiazole rings is 1. The van der Waals surface area contributed by atoms with Crippen LogP contribution in [0.25, 0.3) is 6.08 Å². The van der Waals surface area contributed by atoms with Crippen LogP contribution in [0.5, 0.6) is 11.5 Å². The summed E-state index contributed by atoms with van der Waals surface area (Å²) in [7, 11) is 1.49. The first-order chi connectivity index (χ1) is 15.7. The van der Waals surface area contributed by atoms with E-state index in [9.17, 15) is 9.90 Å². The van der Waals surface area contributed by atoms with Crippen molar-refractivity contribution >= 4 is 23.1 Å². The Kier molecular flexibility index (Phi) is 5.17. The largest absolute Gasteiger partial charge is 0.504 e. The van der Waals surface area contributed by atoms with Gasteiger partial charge < -0.3 is 9.84 Å². The Labute approximate surface area is 187 Å². The highest BCUT2D eigenvalue weighted by molar-refractivity contribution is 7.07. The van der Waals surface area contributed by atoms with Gasteiger partial charge in [0, 0.05) is 5.56 Å². The molecule has 0 fully saturated rings. The first-order valence-corrected chi connectivity index (χ1v) is 10.8. The second-order valence-corrected chi connectivity index (χ2v) is 8.27. The summed E-state index contributed by atoms with van der Waals surface area (Å²) in [5.74, 6) is 0.397. The molecular formula is C25H19N3O3S. The lowest BCUT2D eigenvalue weighted by Crippen LogP contribution is -2.40. The van der Waals surface area contributed by atoms with Crippen molar-refractivity contribution in [2.75, 3.05) is 7.11 Å². The standard InChI is InChI=1S/C25H19N3O3S/c1-31-20-14-16(12-13-19(20)29)15-21-24(30)28-23(18-10-6-3-7-11-18)22(26-27-25(28)32-21)17-8-4-2-5-9-17/h2-15,23,29H,1H3/b21-15+/t23-/m1/s1. The van der Waals surface area contributed by atoms with Gasteiger partial charge in [-0.3, -0.25) is 9.36 Å². The predicted octanol–water partition coefficient (Wildman–Crippen LogP) is 3.08. The van der Waals surface area contributed by atoms with Crippen LogP contribution < -0.4 is 19.6 Å². The van der Waals surface area contributed by atoms with Crippen molar-refractivity contribution in [3.8, 4) is 11.5 Å². The average molecular weight is 442 g/mol. The number of rotatable bonds is 4. The molecule has 1 aliphatic rings. The summed E-state index contributed by atoms with van der Waals surface area (Å²) in [6, 6.07) is 24.2. The zero-order valence-corrected chi connectivity index (χ0v) is 18.0. The van der Waals surface area contributed by atoms with Gasteiger partial charge in [-0.2, -0.15) is 0 Å². The van der Waals surface area contributed by atoms with Gasteiger partial charge in [0.05, 0.1) is 17.4 Å². The maximum absolute atomic E-state index is 13.5. The SMILES string of the molecule is COc1cc(/C=c2/sc3n(c2=O)[C@H](c2ccccc2)C(c2ccccc2)=NN=3)ccc1O. The number of hydrogen-bond donors (Lipinski definition) is 1. The van der Waals surface area contributed by atoms with Gasteiger partial charge >= 0.3 is 0 Å². The molecule has 0 amide bonds. The molecule has 1 N–H and O–H groups in total. The number of aromatic hydroxyl groups is 1. The second-order valence-electron chi connectivity index (χ2n) is 7.26. The van der Waals surface area contributed by atoms with Crippen LogP contribution in [0, 0.1) is 0 Å². The number of ether oxygens (including phenoxy) is 1. The molecule has 32 heavy (non-hydrogen) atoms. The lowest BCUT2D eigenvalue weighted by Gasteiger charge is -2.22. The Balaban J connectivity index is 1.70. The summed E-state index contributed by atoms with van der Waals surface area (Å²) in [5.41, 5.74) is 3.21. The molecule has 6 nitrogen and oxygen atoms in total. The number of aromatic nitrogens is 1. The van der Waals surface area contributed by atoms with Crippen LogP contribution in [0.3, 0.4) is 0 Å². The maximum Gasteiger partial charge on any atom is 0.271 e. The van der Waals surface area contributed by atoms with E-state index >= 15 is 0 Å². The third kappa shape index (κ3) is 3.52. The molecule has 7 heteroatoms. The van der Waals surface area contributed by atoms with Crippen molar-refractivity contribution in [2.45, 2.75) is 6.04 Å². The van der Waals surface area contributed by atoms with Crippen molar-refractivity contribution in [1.82, 2.24) is 4.57 Å². The number of hydrogen-bond acceptors (Lipinski definition) is 6. The minimum absolute atomic E-state index is 0.0480. The molecule has 0 spiro atoms. The minimum atomic E-state index is -0.383. The highest BCUT2D eigenvalue weighted by Gasteiger charge is 2.28. The number of fused-ring (bicyclic) bond motifs is 1. The Morgan fingerprint density at radius 1 is 1.00 bits per heavy atom. The maximum atomic E-state index is 13.5. The second kappa shape index (κ2) is 8.28. The zero-order chi connectivity index (χ0) is 22.1. The molecule has 3 aromatic carbocycles. The number of nitrogens with zero attached hydrogens (tertiary/aromatic N) is 3. The van der Waals surface area contributed by atoms with Gasteiger partial charge in [0.1, 0.15) is 6.04 Å². The molecule has 1 aliphatic heterocycles. The lowest BCUT2D eigenvalue weighted by molar-refractivity contribution is 0.373. The summed E-state index contributed by atoms with van der Waals surface area (Å²) in [6.07, 6.45) is 1.78. The quantitative estimate of drug-likeness (QED) is 0.529. The van der Waals surface area contributed by atoms with Crippen molar-refractivity contribution in [2.24, 2.45) is 10.2 Å². The fourth-order valence-corrected chi connectivity index (χ4v) is 4.71. The molecule has 0 radical (unpaired) electrons. The van der Waals surface area contributed by atoms with Crippen molar-refractivity contribution in [3.05, 3.63) is 115 Å². The minimum Gasteiger partial charge on any atom is -0.504 e. The summed E-state index contributed by atoms with van der Waals surface area (Å²) in [5, 5.41) is 18.8. The molecule has 1 atom stereocenters. The highest BCUT2D eigenvalue weighted by Crippen LogP contribution is 2.27. The van der Waals surface area contributed by atoms with Gasteiger partial charge in [-0.05, 0) is 29.3 Å². The molecular weight excluding hydrogens is 422 g/mol. The zero-order valence-electron chi connectivity index (χ0n) is 17.2. The van der Waals surface area contributed by atoms with E-state index < -0.39 is 0 Å². The Morgan fingerprint density at radius 3 is 2.44 bits per heavy atom. The van der Waals surface area contributed by atoms with E-state index in [0.717, 1.165) is 22.4 Å². The first kappa shape index (κ1) is 20.0. The Morgan fingerprint density at radius 2 is 1.72 bits per heavy atom. The van der Waals surface area contributed by atoms with Gasteiger partial charge in [-0.1, -0.05) is 78.1 Å². The van der Waals surface area contributed by atoms with Crippen LogP contribution >= 0.6 is 11.3 Å². The van der Waals surface area contributed by atoms with E-state index in [1.54, 1.807) is 28.8 Å². The summed E-state index contributed by atoms with van der Waals surface area (Å²) >= 11 is 1.29. The molecule has 0 unspecified atom stereocenters. The summed E-state index contributed by atoms with van der Waals surface area (Å²) < 4.78 is 7.42. The monoisotopic (exact) mass is 441 g/mol. The van der Waals surface area contributed by atoms with E-state index in [2.05, 4.69) is 10.2 Å². The topological polar surface area (TPSA) is 76.2 Å². The van der Waals surface area contributed by atoms with Crippen LogP contribution in [0.4, 0.5) is 0 Å². The van der Waals surface area contributed by atoms with Gasteiger partial charge in [0.25, 0.3) is 5.56 Å². The van der Waals surface area contributed by atoms with Crippen LogP contribution in [0.1, 0.15) is 22.7 Å². The molecule has 158 valence electrons. The van der Waals surface area contributed by atoms with Gasteiger partial charge in [0.2, 0.25) is 4.80 Å². The third-order valence-electron chi connectivity index (χ3n) is 5.28. The molecule has 5 rings (SSSR count). The smallest absolute Gasteiger partial charge is 0.271 e. The van der Waals surface area contributed by atoms with Crippen molar-refractivity contribution in [1.29, 1.82) is 0 Å². The number of benzene rings is 3. The van der Waals surface area contributed by atoms with Crippen molar-refractivity contribution in [3.63, 3.8) is 0 Å². The summed E-state index contributed by atoms with van der Waals surface area (Å²) in [4.78, 5) is 14.1. The first-order valence-electron chi connectivity index (χ1n) is 10.0. The molecule has 2 heterocycles. The van der Waals surface area contributed by atoms with E-state index in [-0.39, 0.29) is 17.4 Å².